The van der Waals surface area contributed by atoms with Crippen LogP contribution in [0.15, 0.2) is 104 Å². The third kappa shape index (κ3) is 10.9. The van der Waals surface area contributed by atoms with E-state index >= 15 is 0 Å². The Bertz CT molecular complexity index is 3100. The number of nitrogens with zero attached hydrogens (tertiary/aromatic N) is 10. The summed E-state index contributed by atoms with van der Waals surface area (Å²) < 4.78 is 65.1. The molecule has 18 nitrogen and oxygen atoms in total. The van der Waals surface area contributed by atoms with Crippen LogP contribution < -0.4 is 22.6 Å². The average Bonchev–Trinajstić information content (AvgIpc) is 3.81. The minimum atomic E-state index is -1.12. The van der Waals surface area contributed by atoms with Crippen LogP contribution in [0, 0.1) is 23.3 Å². The molecule has 0 bridgehead atoms. The molecule has 332 valence electrons. The lowest BCUT2D eigenvalue weighted by Gasteiger charge is -2.09. The fourth-order valence-electron chi connectivity index (χ4n) is 5.74. The first kappa shape index (κ1) is 46.2. The molecule has 0 saturated carbocycles. The van der Waals surface area contributed by atoms with Crippen molar-refractivity contribution in [1.29, 1.82) is 0 Å². The lowest BCUT2D eigenvalue weighted by Crippen LogP contribution is -2.16. The lowest BCUT2D eigenvalue weighted by atomic mass is 10.1. The van der Waals surface area contributed by atoms with E-state index in [1.54, 1.807) is 24.7 Å². The van der Waals surface area contributed by atoms with E-state index in [0.717, 1.165) is 57.4 Å². The van der Waals surface area contributed by atoms with Crippen LogP contribution in [0.3, 0.4) is 0 Å². The van der Waals surface area contributed by atoms with Crippen LogP contribution in [0.1, 0.15) is 46.0 Å². The van der Waals surface area contributed by atoms with E-state index in [0.29, 0.717) is 46.0 Å². The van der Waals surface area contributed by atoms with Gasteiger partial charge in [-0.15, -0.1) is 10.2 Å². The molecule has 0 aliphatic heterocycles. The molecule has 3 N–H and O–H groups in total. The number of anilines is 2. The van der Waals surface area contributed by atoms with E-state index in [1.165, 1.54) is 38.8 Å². The molecule has 0 unspecified atom stereocenters. The molecule has 23 heteroatoms. The van der Waals surface area contributed by atoms with Gasteiger partial charge >= 0.3 is 11.5 Å². The summed E-state index contributed by atoms with van der Waals surface area (Å²) >= 11 is 4.89. The third-order valence-corrected chi connectivity index (χ3v) is 9.14. The number of aromatic nitrogens is 10. The molecule has 1 amide bonds. The van der Waals surface area contributed by atoms with Gasteiger partial charge in [-0.05, 0) is 60.8 Å². The van der Waals surface area contributed by atoms with Crippen molar-refractivity contribution in [2.45, 2.75) is 26.7 Å². The van der Waals surface area contributed by atoms with Gasteiger partial charge in [0.2, 0.25) is 0 Å². The van der Waals surface area contributed by atoms with Crippen LogP contribution in [0.2, 0.25) is 0 Å². The first-order chi connectivity index (χ1) is 31.1. The monoisotopic (exact) mass is 912 g/mol. The number of nitrogens with two attached hydrogens (primary N) is 1. The largest absolute Gasteiger partial charge is 0.437 e. The first-order valence-corrected chi connectivity index (χ1v) is 19.3. The number of halogens is 5. The molecule has 2 aromatic carbocycles. The van der Waals surface area contributed by atoms with Gasteiger partial charge in [0.25, 0.3) is 22.9 Å². The van der Waals surface area contributed by atoms with Crippen molar-refractivity contribution >= 4 is 34.4 Å². The maximum Gasteiger partial charge on any atom is 0.437 e. The van der Waals surface area contributed by atoms with E-state index in [2.05, 4.69) is 45.4 Å². The Labute approximate surface area is 368 Å². The van der Waals surface area contributed by atoms with E-state index < -0.39 is 57.1 Å². The molecule has 0 fully saturated rings. The van der Waals surface area contributed by atoms with Gasteiger partial charge in [0.15, 0.2) is 5.82 Å². The first-order valence-electron chi connectivity index (χ1n) is 18.9. The summed E-state index contributed by atoms with van der Waals surface area (Å²) in [4.78, 5) is 71.1. The number of nitrogens with one attached hydrogen (secondary N) is 1. The van der Waals surface area contributed by atoms with Gasteiger partial charge in [-0.1, -0.05) is 26.0 Å². The summed E-state index contributed by atoms with van der Waals surface area (Å²) in [5, 5.41) is 9.24. The number of amides is 1. The van der Waals surface area contributed by atoms with E-state index in [9.17, 15) is 36.7 Å². The quantitative estimate of drug-likeness (QED) is 0.118. The number of benzene rings is 2. The van der Waals surface area contributed by atoms with Gasteiger partial charge in [0, 0.05) is 49.0 Å². The Morgan fingerprint density at radius 1 is 0.646 bits per heavy atom. The highest BCUT2D eigenvalue weighted by atomic mass is 35.5. The van der Waals surface area contributed by atoms with Gasteiger partial charge in [0.1, 0.15) is 40.2 Å². The summed E-state index contributed by atoms with van der Waals surface area (Å²) in [6.07, 6.45) is 10.2. The van der Waals surface area contributed by atoms with Crippen molar-refractivity contribution < 1.29 is 36.0 Å². The van der Waals surface area contributed by atoms with Crippen molar-refractivity contribution in [1.82, 2.24) is 49.5 Å². The predicted molar refractivity (Wildman–Crippen MR) is 226 cm³/mol. The van der Waals surface area contributed by atoms with Crippen LogP contribution in [-0.4, -0.2) is 60.6 Å². The number of carbonyl (C=O) groups excluding carboxylic acids is 2. The van der Waals surface area contributed by atoms with Crippen LogP contribution >= 0.6 is 11.6 Å². The maximum atomic E-state index is 13.8. The minimum absolute atomic E-state index is 0.0132. The number of pyridine rings is 2. The molecule has 8 aromatic rings. The van der Waals surface area contributed by atoms with Crippen LogP contribution in [0.4, 0.5) is 29.2 Å². The summed E-state index contributed by atoms with van der Waals surface area (Å²) in [6, 6.07) is 9.79. The van der Waals surface area contributed by atoms with Crippen LogP contribution in [-0.2, 0) is 26.9 Å². The predicted octanol–water partition coefficient (Wildman–Crippen LogP) is 6.37. The van der Waals surface area contributed by atoms with E-state index in [1.807, 2.05) is 19.9 Å². The number of aryl methyl sites for hydroxylation is 4. The van der Waals surface area contributed by atoms with Crippen molar-refractivity contribution in [3.63, 3.8) is 0 Å². The molecule has 0 aliphatic carbocycles. The van der Waals surface area contributed by atoms with E-state index in [4.69, 9.17) is 26.2 Å². The Kier molecular flexibility index (Phi) is 14.4. The zero-order valence-corrected chi connectivity index (χ0v) is 35.1. The Morgan fingerprint density at radius 3 is 1.45 bits per heavy atom. The molecule has 65 heavy (non-hydrogen) atoms. The minimum Gasteiger partial charge on any atom is -0.388 e. The van der Waals surface area contributed by atoms with Gasteiger partial charge in [-0.3, -0.25) is 29.5 Å². The normalized spacial score (nSPS) is 10.7. The summed E-state index contributed by atoms with van der Waals surface area (Å²) in [7, 11) is 2.99. The summed E-state index contributed by atoms with van der Waals surface area (Å²) in [6.45, 7) is 3.91. The molecule has 6 aromatic heterocycles. The number of rotatable bonds is 9. The summed E-state index contributed by atoms with van der Waals surface area (Å²) in [5.41, 5.74) is 9.33. The fraction of sp³-hybridized carbons (Fsp3) is 0.143. The smallest absolute Gasteiger partial charge is 0.388 e. The molecule has 8 rings (SSSR count). The second-order valence-electron chi connectivity index (χ2n) is 13.3. The second-order valence-corrected chi connectivity index (χ2v) is 13.6. The second kappa shape index (κ2) is 20.3. The fourth-order valence-corrected chi connectivity index (χ4v) is 5.92. The number of hydrogen-bond acceptors (Lipinski definition) is 15. The Balaban J connectivity index is 0.000000182. The molecule has 0 saturated heterocycles. The number of carbonyl (C=O) groups is 2. The maximum absolute atomic E-state index is 13.8. The van der Waals surface area contributed by atoms with Crippen molar-refractivity contribution in [3.05, 3.63) is 153 Å². The number of hydrogen-bond donors (Lipinski definition) is 2. The number of nitrogen functional groups attached to an aromatic ring is 1. The van der Waals surface area contributed by atoms with Gasteiger partial charge < -0.3 is 19.9 Å². The average molecular weight is 913 g/mol. The van der Waals surface area contributed by atoms with Gasteiger partial charge in [-0.25, -0.2) is 37.1 Å². The van der Waals surface area contributed by atoms with Crippen molar-refractivity contribution in [2.75, 3.05) is 11.1 Å². The lowest BCUT2D eigenvalue weighted by molar-refractivity contribution is 0.101. The van der Waals surface area contributed by atoms with Gasteiger partial charge in [0.05, 0.1) is 47.3 Å². The highest BCUT2D eigenvalue weighted by Crippen LogP contribution is 2.28. The topological polar surface area (TPSA) is 246 Å². The van der Waals surface area contributed by atoms with E-state index in [-0.39, 0.29) is 17.6 Å². The van der Waals surface area contributed by atoms with Gasteiger partial charge in [-0.2, -0.15) is 9.36 Å². The highest BCUT2D eigenvalue weighted by Gasteiger charge is 2.20. The third-order valence-electron chi connectivity index (χ3n) is 8.95. The molecule has 0 radical (unpaired) electrons. The van der Waals surface area contributed by atoms with Crippen LogP contribution in [0.25, 0.3) is 45.4 Å². The van der Waals surface area contributed by atoms with Crippen LogP contribution in [0.5, 0.6) is 0 Å². The summed E-state index contributed by atoms with van der Waals surface area (Å²) in [5.74, 6) is -5.27. The zero-order valence-electron chi connectivity index (χ0n) is 34.4. The SMILES string of the molecule is CCc1ncc(-c2nn(C)c(=O)o2)cc1-c1cnc(N)cn1.CCc1ncc(-c2nn(C)c(=O)o2)cc1-c1cnc(NC(=O)c2c(F)cccc2F)cn1.O=C(Cl)c1c(F)cccc1F. The zero-order chi connectivity index (χ0) is 46.9. The highest BCUT2D eigenvalue weighted by molar-refractivity contribution is 6.67. The molecular weight excluding hydrogens is 880 g/mol. The Morgan fingerprint density at radius 2 is 1.09 bits per heavy atom. The van der Waals surface area contributed by atoms with Crippen molar-refractivity contribution in [2.24, 2.45) is 14.1 Å². The molecule has 0 aliphatic rings. The molecule has 0 spiro atoms. The van der Waals surface area contributed by atoms with Crippen molar-refractivity contribution in [3.8, 4) is 45.4 Å². The molecule has 6 heterocycles. The Hall–Kier alpha value is -8.27. The standard InChI is InChI=1S/C21H16F2N6O3.C14H14N6O2.C7H3ClF2O/c1-3-15-12(7-11(8-24-15)20-28-29(2)21(31)32-20)16-9-26-17(10-25-16)27-19(30)18-13(22)5-4-6-14(18)23;1-3-10-9(11-6-18-12(15)7-17-11)4-8(5-16-10)13-19-20(2)14(21)22-13;8-7(11)6-4(9)2-1-3-5(6)10/h4-10H,3H2,1-2H3,(H,26,27,30);4-7H,3H2,1-2H3,(H2,15,18);1-3H. The molecular formula is C42H33ClF4N12O6. The molecule has 0 atom stereocenters.